The van der Waals surface area contributed by atoms with E-state index in [-0.39, 0.29) is 4.90 Å². The highest BCUT2D eigenvalue weighted by molar-refractivity contribution is 7.89. The van der Waals surface area contributed by atoms with Gasteiger partial charge in [0.15, 0.2) is 0 Å². The molecule has 0 atom stereocenters. The molecule has 0 saturated carbocycles. The molecular formula is C14H15NO4S. The molecular weight excluding hydrogens is 278 g/mol. The smallest absolute Gasteiger partial charge is 0.336 e. The Hall–Kier alpha value is -1.66. The first kappa shape index (κ1) is 13.3. The van der Waals surface area contributed by atoms with Crippen molar-refractivity contribution in [2.24, 2.45) is 0 Å². The minimum Gasteiger partial charge on any atom is -0.423 e. The number of piperidine rings is 1. The molecule has 1 aromatic heterocycles. The molecule has 0 bridgehead atoms. The van der Waals surface area contributed by atoms with E-state index in [1.54, 1.807) is 18.2 Å². The molecule has 1 aliphatic heterocycles. The van der Waals surface area contributed by atoms with Crippen LogP contribution < -0.4 is 5.63 Å². The van der Waals surface area contributed by atoms with Gasteiger partial charge in [-0.1, -0.05) is 6.42 Å². The summed E-state index contributed by atoms with van der Waals surface area (Å²) in [5, 5.41) is 0.710. The fourth-order valence-corrected chi connectivity index (χ4v) is 3.99. The lowest BCUT2D eigenvalue weighted by Gasteiger charge is -2.25. The molecule has 2 heterocycles. The Kier molecular flexibility index (Phi) is 3.35. The standard InChI is InChI=1S/C14H15NO4S/c16-14-7-5-11-4-6-12(10-13(11)19-14)20(17,18)15-8-2-1-3-9-15/h4-7,10H,1-3,8-9H2. The van der Waals surface area contributed by atoms with Gasteiger partial charge >= 0.3 is 5.63 Å². The summed E-state index contributed by atoms with van der Waals surface area (Å²) in [5.41, 5.74) is -0.180. The third-order valence-corrected chi connectivity index (χ3v) is 5.44. The zero-order valence-corrected chi connectivity index (χ0v) is 11.7. The van der Waals surface area contributed by atoms with Gasteiger partial charge in [-0.05, 0) is 31.0 Å². The van der Waals surface area contributed by atoms with Crippen molar-refractivity contribution in [3.8, 4) is 0 Å². The zero-order valence-electron chi connectivity index (χ0n) is 10.9. The molecule has 3 rings (SSSR count). The van der Waals surface area contributed by atoms with Crippen molar-refractivity contribution in [2.75, 3.05) is 13.1 Å². The van der Waals surface area contributed by atoms with Gasteiger partial charge in [0.05, 0.1) is 4.90 Å². The topological polar surface area (TPSA) is 67.6 Å². The summed E-state index contributed by atoms with van der Waals surface area (Å²) >= 11 is 0. The van der Waals surface area contributed by atoms with E-state index in [4.69, 9.17) is 4.42 Å². The number of benzene rings is 1. The Morgan fingerprint density at radius 2 is 1.70 bits per heavy atom. The van der Waals surface area contributed by atoms with E-state index < -0.39 is 15.6 Å². The molecule has 0 unspecified atom stereocenters. The van der Waals surface area contributed by atoms with E-state index in [0.717, 1.165) is 19.3 Å². The molecule has 0 radical (unpaired) electrons. The summed E-state index contributed by atoms with van der Waals surface area (Å²) in [7, 11) is -3.50. The van der Waals surface area contributed by atoms with E-state index in [0.29, 0.717) is 24.1 Å². The first-order chi connectivity index (χ1) is 9.57. The van der Waals surface area contributed by atoms with Crippen molar-refractivity contribution in [3.63, 3.8) is 0 Å². The van der Waals surface area contributed by atoms with Crippen LogP contribution in [0.5, 0.6) is 0 Å². The van der Waals surface area contributed by atoms with Gasteiger partial charge in [-0.25, -0.2) is 13.2 Å². The molecule has 1 saturated heterocycles. The maximum atomic E-state index is 12.5. The highest BCUT2D eigenvalue weighted by atomic mass is 32.2. The summed E-state index contributed by atoms with van der Waals surface area (Å²) in [6.45, 7) is 1.11. The predicted octanol–water partition coefficient (Wildman–Crippen LogP) is 1.97. The van der Waals surface area contributed by atoms with Crippen LogP contribution in [-0.2, 0) is 10.0 Å². The van der Waals surface area contributed by atoms with E-state index >= 15 is 0 Å². The lowest BCUT2D eigenvalue weighted by atomic mass is 10.2. The molecule has 0 amide bonds. The Morgan fingerprint density at radius 3 is 2.45 bits per heavy atom. The second-order valence-corrected chi connectivity index (χ2v) is 6.86. The summed E-state index contributed by atoms with van der Waals surface area (Å²) in [6.07, 6.45) is 2.85. The molecule has 6 heteroatoms. The van der Waals surface area contributed by atoms with Crippen LogP contribution in [0.1, 0.15) is 19.3 Å². The Balaban J connectivity index is 2.06. The normalized spacial score (nSPS) is 17.4. The van der Waals surface area contributed by atoms with Crippen LogP contribution in [0.25, 0.3) is 11.0 Å². The second-order valence-electron chi connectivity index (χ2n) is 4.92. The molecule has 106 valence electrons. The van der Waals surface area contributed by atoms with Crippen LogP contribution in [-0.4, -0.2) is 25.8 Å². The van der Waals surface area contributed by atoms with Crippen LogP contribution in [0, 0.1) is 0 Å². The molecule has 0 aliphatic carbocycles. The van der Waals surface area contributed by atoms with Gasteiger partial charge in [0, 0.05) is 30.6 Å². The van der Waals surface area contributed by atoms with Gasteiger partial charge in [0.1, 0.15) is 5.58 Å². The van der Waals surface area contributed by atoms with E-state index in [1.165, 1.54) is 16.4 Å². The minimum absolute atomic E-state index is 0.182. The highest BCUT2D eigenvalue weighted by Crippen LogP contribution is 2.23. The molecule has 20 heavy (non-hydrogen) atoms. The number of hydrogen-bond donors (Lipinski definition) is 0. The quantitative estimate of drug-likeness (QED) is 0.794. The maximum Gasteiger partial charge on any atom is 0.336 e. The van der Waals surface area contributed by atoms with E-state index in [9.17, 15) is 13.2 Å². The third kappa shape index (κ3) is 2.36. The number of fused-ring (bicyclic) bond motifs is 1. The maximum absolute atomic E-state index is 12.5. The van der Waals surface area contributed by atoms with Crippen LogP contribution >= 0.6 is 0 Å². The van der Waals surface area contributed by atoms with E-state index in [1.807, 2.05) is 0 Å². The van der Waals surface area contributed by atoms with Gasteiger partial charge in [0.25, 0.3) is 0 Å². The van der Waals surface area contributed by atoms with Crippen molar-refractivity contribution >= 4 is 21.0 Å². The fourth-order valence-electron chi connectivity index (χ4n) is 2.46. The SMILES string of the molecule is O=c1ccc2ccc(S(=O)(=O)N3CCCCC3)cc2o1. The molecule has 1 aliphatic rings. The predicted molar refractivity (Wildman–Crippen MR) is 75.1 cm³/mol. The number of nitrogens with zero attached hydrogens (tertiary/aromatic N) is 1. The minimum atomic E-state index is -3.50. The first-order valence-corrected chi connectivity index (χ1v) is 8.05. The monoisotopic (exact) mass is 293 g/mol. The molecule has 0 N–H and O–H groups in total. The van der Waals surface area contributed by atoms with Crippen molar-refractivity contribution < 1.29 is 12.8 Å². The Bertz CT molecular complexity index is 788. The zero-order chi connectivity index (χ0) is 14.2. The highest BCUT2D eigenvalue weighted by Gasteiger charge is 2.26. The van der Waals surface area contributed by atoms with E-state index in [2.05, 4.69) is 0 Å². The first-order valence-electron chi connectivity index (χ1n) is 6.61. The molecule has 5 nitrogen and oxygen atoms in total. The van der Waals surface area contributed by atoms with Crippen molar-refractivity contribution in [1.82, 2.24) is 4.31 Å². The number of sulfonamides is 1. The van der Waals surface area contributed by atoms with Crippen molar-refractivity contribution in [3.05, 3.63) is 40.8 Å². The summed E-state index contributed by atoms with van der Waals surface area (Å²) in [6, 6.07) is 7.60. The Morgan fingerprint density at radius 1 is 1.00 bits per heavy atom. The third-order valence-electron chi connectivity index (χ3n) is 3.55. The average Bonchev–Trinajstić information content (AvgIpc) is 2.47. The molecule has 0 spiro atoms. The van der Waals surface area contributed by atoms with Gasteiger partial charge < -0.3 is 4.42 Å². The fraction of sp³-hybridized carbons (Fsp3) is 0.357. The lowest BCUT2D eigenvalue weighted by Crippen LogP contribution is -2.35. The van der Waals surface area contributed by atoms with Gasteiger partial charge in [0.2, 0.25) is 10.0 Å². The molecule has 1 aromatic carbocycles. The second kappa shape index (κ2) is 5.03. The van der Waals surface area contributed by atoms with Crippen LogP contribution in [0.2, 0.25) is 0 Å². The Labute approximate surface area is 116 Å². The number of rotatable bonds is 2. The largest absolute Gasteiger partial charge is 0.423 e. The van der Waals surface area contributed by atoms with Gasteiger partial charge in [-0.2, -0.15) is 4.31 Å². The van der Waals surface area contributed by atoms with Crippen molar-refractivity contribution in [2.45, 2.75) is 24.2 Å². The summed E-state index contributed by atoms with van der Waals surface area (Å²) < 4.78 is 31.6. The molecule has 1 fully saturated rings. The van der Waals surface area contributed by atoms with Crippen LogP contribution in [0.3, 0.4) is 0 Å². The van der Waals surface area contributed by atoms with Gasteiger partial charge in [-0.3, -0.25) is 0 Å². The number of hydrogen-bond acceptors (Lipinski definition) is 4. The molecule has 2 aromatic rings. The summed E-state index contributed by atoms with van der Waals surface area (Å²) in [5.74, 6) is 0. The average molecular weight is 293 g/mol. The van der Waals surface area contributed by atoms with Crippen LogP contribution in [0.15, 0.2) is 44.4 Å². The lowest BCUT2D eigenvalue weighted by molar-refractivity contribution is 0.346. The van der Waals surface area contributed by atoms with Gasteiger partial charge in [-0.15, -0.1) is 0 Å². The summed E-state index contributed by atoms with van der Waals surface area (Å²) in [4.78, 5) is 11.4. The van der Waals surface area contributed by atoms with Crippen molar-refractivity contribution in [1.29, 1.82) is 0 Å². The van der Waals surface area contributed by atoms with Crippen LogP contribution in [0.4, 0.5) is 0 Å².